The molecule has 164 valence electrons. The van der Waals surface area contributed by atoms with Gasteiger partial charge in [0.25, 0.3) is 0 Å². The van der Waals surface area contributed by atoms with Gasteiger partial charge in [0.2, 0.25) is 5.91 Å². The van der Waals surface area contributed by atoms with Crippen LogP contribution >= 0.6 is 11.8 Å². The Morgan fingerprint density at radius 1 is 1.13 bits per heavy atom. The van der Waals surface area contributed by atoms with E-state index >= 15 is 0 Å². The summed E-state index contributed by atoms with van der Waals surface area (Å²) in [5.41, 5.74) is 1.33. The van der Waals surface area contributed by atoms with Gasteiger partial charge in [-0.3, -0.25) is 9.59 Å². The number of rotatable bonds is 12. The fourth-order valence-corrected chi connectivity index (χ4v) is 4.11. The van der Waals surface area contributed by atoms with Crippen molar-refractivity contribution in [3.05, 3.63) is 35.7 Å². The van der Waals surface area contributed by atoms with Gasteiger partial charge in [-0.05, 0) is 30.7 Å². The number of carbonyl (C=O) groups is 2. The molecule has 1 aromatic heterocycles. The number of anilines is 1. The van der Waals surface area contributed by atoms with Gasteiger partial charge in [-0.15, -0.1) is 10.2 Å². The number of unbranched alkanes of at least 4 members (excludes halogenated alkanes) is 1. The molecule has 2 aromatic rings. The van der Waals surface area contributed by atoms with Crippen molar-refractivity contribution < 1.29 is 14.5 Å². The van der Waals surface area contributed by atoms with Crippen LogP contribution in [-0.2, 0) is 11.3 Å². The first-order valence-corrected chi connectivity index (χ1v) is 11.7. The lowest BCUT2D eigenvalue weighted by Gasteiger charge is -2.20. The Morgan fingerprint density at radius 2 is 1.83 bits per heavy atom. The summed E-state index contributed by atoms with van der Waals surface area (Å²) in [7, 11) is 4.27. The van der Waals surface area contributed by atoms with Gasteiger partial charge in [-0.25, -0.2) is 0 Å². The molecule has 0 unspecified atom stereocenters. The lowest BCUT2D eigenvalue weighted by atomic mass is 10.1. The molecule has 1 heterocycles. The van der Waals surface area contributed by atoms with Crippen molar-refractivity contribution in [3.8, 4) is 0 Å². The summed E-state index contributed by atoms with van der Waals surface area (Å²) >= 11 is 1.44. The summed E-state index contributed by atoms with van der Waals surface area (Å²) in [6.45, 7) is 7.00. The second-order valence-electron chi connectivity index (χ2n) is 7.58. The molecule has 2 rings (SSSR count). The average Bonchev–Trinajstić information content (AvgIpc) is 3.13. The second-order valence-corrected chi connectivity index (χ2v) is 8.52. The number of aromatic nitrogens is 3. The molecule has 30 heavy (non-hydrogen) atoms. The van der Waals surface area contributed by atoms with E-state index in [0.717, 1.165) is 36.8 Å². The van der Waals surface area contributed by atoms with Crippen molar-refractivity contribution in [2.75, 3.05) is 25.2 Å². The molecule has 8 heteroatoms. The summed E-state index contributed by atoms with van der Waals surface area (Å²) in [6, 6.07) is 7.32. The fraction of sp³-hybridized carbons (Fsp3) is 0.545. The van der Waals surface area contributed by atoms with E-state index in [2.05, 4.69) is 48.0 Å². The summed E-state index contributed by atoms with van der Waals surface area (Å²) < 4.78 is 2.19. The third kappa shape index (κ3) is 6.40. The number of benzene rings is 1. The number of ketones is 1. The molecule has 1 amide bonds. The van der Waals surface area contributed by atoms with Gasteiger partial charge in [-0.1, -0.05) is 39.0 Å². The van der Waals surface area contributed by atoms with Crippen LogP contribution in [0.5, 0.6) is 0 Å². The van der Waals surface area contributed by atoms with Gasteiger partial charge in [-0.2, -0.15) is 0 Å². The number of thioether (sulfide) groups is 1. The monoisotopic (exact) mass is 432 g/mol. The zero-order valence-corrected chi connectivity index (χ0v) is 19.5. The molecule has 1 aromatic carbocycles. The van der Waals surface area contributed by atoms with Gasteiger partial charge in [0.1, 0.15) is 6.04 Å². The molecule has 2 N–H and O–H groups in total. The molecular formula is C22H34N5O2S+. The Morgan fingerprint density at radius 3 is 2.40 bits per heavy atom. The summed E-state index contributed by atoms with van der Waals surface area (Å²) in [5, 5.41) is 12.5. The van der Waals surface area contributed by atoms with E-state index in [4.69, 9.17) is 0 Å². The molecule has 0 saturated carbocycles. The Kier molecular flexibility index (Phi) is 9.52. The van der Waals surface area contributed by atoms with Crippen molar-refractivity contribution in [2.24, 2.45) is 0 Å². The Labute approximate surface area is 183 Å². The molecule has 0 bridgehead atoms. The van der Waals surface area contributed by atoms with Crippen molar-refractivity contribution in [1.82, 2.24) is 14.8 Å². The second kappa shape index (κ2) is 11.9. The van der Waals surface area contributed by atoms with E-state index in [9.17, 15) is 9.59 Å². The fourth-order valence-electron chi connectivity index (χ4n) is 3.24. The predicted octanol–water partition coefficient (Wildman–Crippen LogP) is 3.00. The van der Waals surface area contributed by atoms with Crippen molar-refractivity contribution in [1.29, 1.82) is 0 Å². The van der Waals surface area contributed by atoms with E-state index in [0.29, 0.717) is 23.4 Å². The van der Waals surface area contributed by atoms with E-state index in [1.807, 2.05) is 0 Å². The highest BCUT2D eigenvalue weighted by molar-refractivity contribution is 7.99. The van der Waals surface area contributed by atoms with Crippen LogP contribution in [0.3, 0.4) is 0 Å². The highest BCUT2D eigenvalue weighted by Crippen LogP contribution is 2.23. The van der Waals surface area contributed by atoms with Gasteiger partial charge in [0.05, 0.1) is 19.8 Å². The highest BCUT2D eigenvalue weighted by atomic mass is 32.2. The number of quaternary nitrogens is 1. The minimum atomic E-state index is -0.0446. The average molecular weight is 433 g/mol. The molecule has 0 fully saturated rings. The van der Waals surface area contributed by atoms with E-state index in [1.165, 1.54) is 16.7 Å². The minimum Gasteiger partial charge on any atom is -0.331 e. The first-order chi connectivity index (χ1) is 14.4. The molecule has 0 spiro atoms. The van der Waals surface area contributed by atoms with Crippen molar-refractivity contribution >= 4 is 29.1 Å². The van der Waals surface area contributed by atoms with Crippen LogP contribution in [0.15, 0.2) is 29.4 Å². The molecule has 0 radical (unpaired) electrons. The van der Waals surface area contributed by atoms with E-state index in [1.54, 1.807) is 31.2 Å². The Balaban J connectivity index is 2.09. The zero-order chi connectivity index (χ0) is 22.1. The standard InChI is InChI=1S/C22H33N5O2S/c1-6-9-14-27-21(18(7-2)26(4)5)24-25-22(27)30-15-19(28)16-10-12-17(13-11-16)23-20(29)8-3/h10-13,18H,6-9,14-15H2,1-5H3,(H,23,29)/p+1/t18-/m0/s1. The van der Waals surface area contributed by atoms with Crippen molar-refractivity contribution in [3.63, 3.8) is 0 Å². The van der Waals surface area contributed by atoms with E-state index in [-0.39, 0.29) is 17.7 Å². The maximum atomic E-state index is 12.7. The molecule has 0 aliphatic carbocycles. The molecule has 0 saturated heterocycles. The van der Waals surface area contributed by atoms with Crippen LogP contribution in [0.1, 0.15) is 68.7 Å². The Bertz CT molecular complexity index is 833. The molecule has 1 atom stereocenters. The maximum Gasteiger partial charge on any atom is 0.224 e. The minimum absolute atomic E-state index is 0.0326. The van der Waals surface area contributed by atoms with E-state index < -0.39 is 0 Å². The van der Waals surface area contributed by atoms with Gasteiger partial charge >= 0.3 is 0 Å². The molecule has 0 aliphatic heterocycles. The quantitative estimate of drug-likeness (QED) is 0.398. The largest absolute Gasteiger partial charge is 0.331 e. The topological polar surface area (TPSA) is 81.3 Å². The third-order valence-corrected chi connectivity index (χ3v) is 6.01. The summed E-state index contributed by atoms with van der Waals surface area (Å²) in [4.78, 5) is 25.5. The summed E-state index contributed by atoms with van der Waals surface area (Å²) in [6.07, 6.45) is 3.55. The normalized spacial score (nSPS) is 12.2. The number of nitrogens with zero attached hydrogens (tertiary/aromatic N) is 3. The number of amides is 1. The van der Waals surface area contributed by atoms with Gasteiger partial charge in [0.15, 0.2) is 16.8 Å². The van der Waals surface area contributed by atoms with Crippen molar-refractivity contribution in [2.45, 2.75) is 64.2 Å². The van der Waals surface area contributed by atoms with Crippen LogP contribution in [-0.4, -0.2) is 46.3 Å². The summed E-state index contributed by atoms with van der Waals surface area (Å²) in [5.74, 6) is 1.29. The lowest BCUT2D eigenvalue weighted by molar-refractivity contribution is -0.893. The molecule has 0 aliphatic rings. The van der Waals surface area contributed by atoms with Gasteiger partial charge in [0, 0.05) is 30.6 Å². The molecular weight excluding hydrogens is 398 g/mol. The number of hydrogen-bond acceptors (Lipinski definition) is 5. The predicted molar refractivity (Wildman–Crippen MR) is 121 cm³/mol. The Hall–Kier alpha value is -2.19. The van der Waals surface area contributed by atoms with Gasteiger partial charge < -0.3 is 14.8 Å². The number of carbonyl (C=O) groups excluding carboxylic acids is 2. The zero-order valence-electron chi connectivity index (χ0n) is 18.7. The number of hydrogen-bond donors (Lipinski definition) is 2. The highest BCUT2D eigenvalue weighted by Gasteiger charge is 2.25. The third-order valence-electron chi connectivity index (χ3n) is 5.04. The number of nitrogens with one attached hydrogen (secondary N) is 2. The first-order valence-electron chi connectivity index (χ1n) is 10.7. The number of Topliss-reactive ketones (excluding diaryl/α,β-unsaturated/α-hetero) is 1. The molecule has 7 nitrogen and oxygen atoms in total. The van der Waals surface area contributed by atoms with Crippen LogP contribution < -0.4 is 10.2 Å². The maximum absolute atomic E-state index is 12.7. The van der Waals surface area contributed by atoms with Crippen LogP contribution in [0, 0.1) is 0 Å². The smallest absolute Gasteiger partial charge is 0.224 e. The van der Waals surface area contributed by atoms with Crippen LogP contribution in [0.4, 0.5) is 5.69 Å². The first kappa shape index (κ1) is 24.1. The van der Waals surface area contributed by atoms with Crippen LogP contribution in [0.2, 0.25) is 0 Å². The lowest BCUT2D eigenvalue weighted by Crippen LogP contribution is -3.06. The van der Waals surface area contributed by atoms with Crippen LogP contribution in [0.25, 0.3) is 0 Å². The SMILES string of the molecule is CCCCn1c(SCC(=O)c2ccc(NC(=O)CC)cc2)nnc1[C@H](CC)[NH+](C)C.